The smallest absolute Gasteiger partial charge is 0.208 e. The van der Waals surface area contributed by atoms with Crippen molar-refractivity contribution in [2.75, 3.05) is 30.9 Å². The van der Waals surface area contributed by atoms with Crippen LogP contribution >= 0.6 is 0 Å². The average Bonchev–Trinajstić information content (AvgIpc) is 2.26. The Bertz CT molecular complexity index is 607. The van der Waals surface area contributed by atoms with E-state index in [1.807, 2.05) is 0 Å². The second kappa shape index (κ2) is 6.36. The maximum Gasteiger partial charge on any atom is 0.208 e. The van der Waals surface area contributed by atoms with Crippen molar-refractivity contribution in [3.8, 4) is 0 Å². The number of hydrogen-bond acceptors (Lipinski definition) is 5. The van der Waals surface area contributed by atoms with Crippen LogP contribution in [0.3, 0.4) is 0 Å². The van der Waals surface area contributed by atoms with Gasteiger partial charge in [0.2, 0.25) is 10.0 Å². The second-order valence-electron chi connectivity index (χ2n) is 4.24. The highest BCUT2D eigenvalue weighted by Crippen LogP contribution is 2.13. The van der Waals surface area contributed by atoms with Crippen LogP contribution in [0.2, 0.25) is 0 Å². The Hall–Kier alpha value is -1.12. The molecule has 0 bridgehead atoms. The fraction of sp³-hybridized carbons (Fsp3) is 0.455. The number of benzene rings is 1. The van der Waals surface area contributed by atoms with Gasteiger partial charge >= 0.3 is 0 Å². The quantitative estimate of drug-likeness (QED) is 0.713. The molecular weight excluding hydrogens is 288 g/mol. The molecule has 1 rings (SSSR count). The van der Waals surface area contributed by atoms with E-state index in [1.54, 1.807) is 12.1 Å². The average molecular weight is 306 g/mol. The minimum absolute atomic E-state index is 0.275. The van der Waals surface area contributed by atoms with E-state index >= 15 is 0 Å². The first-order valence-corrected chi connectivity index (χ1v) is 9.45. The van der Waals surface area contributed by atoms with E-state index in [-0.39, 0.29) is 4.90 Å². The lowest BCUT2D eigenvalue weighted by Crippen LogP contribution is -2.24. The van der Waals surface area contributed by atoms with E-state index < -0.39 is 19.9 Å². The van der Waals surface area contributed by atoms with E-state index in [1.165, 1.54) is 12.1 Å². The van der Waals surface area contributed by atoms with Crippen molar-refractivity contribution in [2.45, 2.75) is 11.3 Å². The lowest BCUT2D eigenvalue weighted by atomic mass is 10.3. The summed E-state index contributed by atoms with van der Waals surface area (Å²) in [5.74, 6) is 0. The van der Waals surface area contributed by atoms with E-state index in [0.29, 0.717) is 19.5 Å². The number of nitrogens with one attached hydrogen (secondary N) is 2. The van der Waals surface area contributed by atoms with Crippen molar-refractivity contribution >= 4 is 25.5 Å². The normalized spacial score (nSPS) is 12.3. The predicted molar refractivity (Wildman–Crippen MR) is 75.5 cm³/mol. The summed E-state index contributed by atoms with van der Waals surface area (Å²) in [7, 11) is -6.31. The molecule has 19 heavy (non-hydrogen) atoms. The van der Waals surface area contributed by atoms with Crippen LogP contribution < -0.4 is 10.0 Å². The van der Waals surface area contributed by atoms with Crippen LogP contribution in [0, 0.1) is 0 Å². The molecule has 0 saturated heterocycles. The highest BCUT2D eigenvalue weighted by molar-refractivity contribution is 7.90. The molecule has 8 heteroatoms. The third kappa shape index (κ3) is 6.55. The SMILES string of the molecule is CS(=O)(=O)NCCCNc1ccc(S(C)(=O)=O)cc1. The van der Waals surface area contributed by atoms with Crippen LogP contribution in [0.1, 0.15) is 6.42 Å². The predicted octanol–water partition coefficient (Wildman–Crippen LogP) is 0.441. The molecule has 0 atom stereocenters. The van der Waals surface area contributed by atoms with Crippen molar-refractivity contribution in [1.82, 2.24) is 4.72 Å². The van der Waals surface area contributed by atoms with E-state index in [9.17, 15) is 16.8 Å². The third-order valence-electron chi connectivity index (χ3n) is 2.33. The van der Waals surface area contributed by atoms with Gasteiger partial charge in [0, 0.05) is 25.0 Å². The van der Waals surface area contributed by atoms with Gasteiger partial charge in [-0.3, -0.25) is 0 Å². The second-order valence-corrected chi connectivity index (χ2v) is 8.09. The maximum atomic E-state index is 11.3. The highest BCUT2D eigenvalue weighted by Gasteiger charge is 2.05. The fourth-order valence-corrected chi connectivity index (χ4v) is 2.54. The monoisotopic (exact) mass is 306 g/mol. The lowest BCUT2D eigenvalue weighted by molar-refractivity contribution is 0.586. The van der Waals surface area contributed by atoms with Gasteiger partial charge in [-0.25, -0.2) is 21.6 Å². The fourth-order valence-electron chi connectivity index (χ4n) is 1.40. The van der Waals surface area contributed by atoms with Crippen molar-refractivity contribution in [2.24, 2.45) is 0 Å². The zero-order valence-electron chi connectivity index (χ0n) is 10.9. The Kier molecular flexibility index (Phi) is 5.33. The Balaban J connectivity index is 2.39. The molecule has 0 spiro atoms. The van der Waals surface area contributed by atoms with Crippen LogP contribution in [-0.4, -0.2) is 42.4 Å². The number of hydrogen-bond donors (Lipinski definition) is 2. The van der Waals surface area contributed by atoms with Crippen LogP contribution in [0.15, 0.2) is 29.2 Å². The van der Waals surface area contributed by atoms with Gasteiger partial charge in [0.05, 0.1) is 11.2 Å². The number of sulfone groups is 1. The zero-order valence-corrected chi connectivity index (χ0v) is 12.5. The topological polar surface area (TPSA) is 92.3 Å². The lowest BCUT2D eigenvalue weighted by Gasteiger charge is -2.07. The van der Waals surface area contributed by atoms with Crippen LogP contribution in [0.5, 0.6) is 0 Å². The standard InChI is InChI=1S/C11H18N2O4S2/c1-18(14,15)11-6-4-10(5-7-11)12-8-3-9-13-19(2,16)17/h4-7,12-13H,3,8-9H2,1-2H3. The summed E-state index contributed by atoms with van der Waals surface area (Å²) in [6, 6.07) is 6.43. The molecule has 0 unspecified atom stereocenters. The molecule has 0 aliphatic carbocycles. The van der Waals surface area contributed by atoms with E-state index in [2.05, 4.69) is 10.0 Å². The Labute approximate surface area is 114 Å². The van der Waals surface area contributed by atoms with Crippen LogP contribution in [0.4, 0.5) is 5.69 Å². The molecule has 2 N–H and O–H groups in total. The molecule has 108 valence electrons. The summed E-state index contributed by atoms with van der Waals surface area (Å²) >= 11 is 0. The minimum atomic E-state index is -3.17. The molecule has 1 aromatic rings. The van der Waals surface area contributed by atoms with E-state index in [4.69, 9.17) is 0 Å². The zero-order chi connectivity index (χ0) is 14.5. The largest absolute Gasteiger partial charge is 0.385 e. The summed E-state index contributed by atoms with van der Waals surface area (Å²) in [6.07, 6.45) is 2.91. The molecule has 6 nitrogen and oxygen atoms in total. The van der Waals surface area contributed by atoms with Gasteiger partial charge in [0.25, 0.3) is 0 Å². The summed E-state index contributed by atoms with van der Waals surface area (Å²) in [4.78, 5) is 0.275. The Morgan fingerprint density at radius 2 is 1.53 bits per heavy atom. The van der Waals surface area contributed by atoms with Gasteiger partial charge in [-0.05, 0) is 30.7 Å². The molecular formula is C11H18N2O4S2. The summed E-state index contributed by atoms with van der Waals surface area (Å²) in [6.45, 7) is 0.966. The number of rotatable bonds is 7. The van der Waals surface area contributed by atoms with Crippen LogP contribution in [-0.2, 0) is 19.9 Å². The minimum Gasteiger partial charge on any atom is -0.385 e. The first-order chi connectivity index (χ1) is 8.68. The molecule has 0 radical (unpaired) electrons. The van der Waals surface area contributed by atoms with Crippen molar-refractivity contribution in [1.29, 1.82) is 0 Å². The van der Waals surface area contributed by atoms with Gasteiger partial charge in [-0.2, -0.15) is 0 Å². The van der Waals surface area contributed by atoms with Crippen molar-refractivity contribution in [3.63, 3.8) is 0 Å². The molecule has 0 fully saturated rings. The molecule has 0 aromatic heterocycles. The van der Waals surface area contributed by atoms with E-state index in [0.717, 1.165) is 18.2 Å². The van der Waals surface area contributed by atoms with Gasteiger partial charge in [0.15, 0.2) is 9.84 Å². The molecule has 0 saturated carbocycles. The highest BCUT2D eigenvalue weighted by atomic mass is 32.2. The summed E-state index contributed by atoms with van der Waals surface area (Å²) in [5, 5.41) is 3.08. The molecule has 0 aliphatic rings. The number of sulfonamides is 1. The molecule has 0 amide bonds. The Morgan fingerprint density at radius 1 is 0.947 bits per heavy atom. The van der Waals surface area contributed by atoms with Crippen molar-refractivity contribution < 1.29 is 16.8 Å². The third-order valence-corrected chi connectivity index (χ3v) is 4.19. The first kappa shape index (κ1) is 15.9. The van der Waals surface area contributed by atoms with Crippen molar-refractivity contribution in [3.05, 3.63) is 24.3 Å². The van der Waals surface area contributed by atoms with Gasteiger partial charge in [-0.1, -0.05) is 0 Å². The summed E-state index contributed by atoms with van der Waals surface area (Å²) in [5.41, 5.74) is 0.798. The van der Waals surface area contributed by atoms with Gasteiger partial charge in [0.1, 0.15) is 0 Å². The summed E-state index contributed by atoms with van der Waals surface area (Å²) < 4.78 is 46.5. The molecule has 0 aliphatic heterocycles. The first-order valence-electron chi connectivity index (χ1n) is 5.67. The number of anilines is 1. The van der Waals surface area contributed by atoms with Gasteiger partial charge < -0.3 is 5.32 Å². The van der Waals surface area contributed by atoms with Gasteiger partial charge in [-0.15, -0.1) is 0 Å². The maximum absolute atomic E-state index is 11.3. The van der Waals surface area contributed by atoms with Crippen LogP contribution in [0.25, 0.3) is 0 Å². The molecule has 0 heterocycles. The molecule has 1 aromatic carbocycles. The Morgan fingerprint density at radius 3 is 2.00 bits per heavy atom.